The third kappa shape index (κ3) is 2.28. The molecule has 4 unspecified atom stereocenters. The lowest BCUT2D eigenvalue weighted by Gasteiger charge is -2.30. The molecule has 0 saturated carbocycles. The van der Waals surface area contributed by atoms with Crippen molar-refractivity contribution in [3.8, 4) is 0 Å². The van der Waals surface area contributed by atoms with E-state index in [0.717, 1.165) is 11.8 Å². The summed E-state index contributed by atoms with van der Waals surface area (Å²) in [5.74, 6) is 2.05. The van der Waals surface area contributed by atoms with Crippen LogP contribution in [-0.4, -0.2) is 62.3 Å². The maximum absolute atomic E-state index is 2.45. The molecular formula is C14H30N2+2. The van der Waals surface area contributed by atoms with Crippen LogP contribution in [0.3, 0.4) is 0 Å². The van der Waals surface area contributed by atoms with E-state index in [9.17, 15) is 0 Å². The van der Waals surface area contributed by atoms with E-state index >= 15 is 0 Å². The first-order valence-electron chi connectivity index (χ1n) is 7.17. The van der Waals surface area contributed by atoms with Crippen LogP contribution in [0.5, 0.6) is 0 Å². The fourth-order valence-corrected chi connectivity index (χ4v) is 3.80. The third-order valence-corrected chi connectivity index (χ3v) is 5.62. The first-order valence-corrected chi connectivity index (χ1v) is 7.17. The Kier molecular flexibility index (Phi) is 3.33. The van der Waals surface area contributed by atoms with Gasteiger partial charge >= 0.3 is 0 Å². The van der Waals surface area contributed by atoms with Crippen molar-refractivity contribution in [3.05, 3.63) is 0 Å². The molecule has 16 heavy (non-hydrogen) atoms. The number of rotatable bonds is 3. The number of likely N-dealkylation sites (tertiary alicyclic amines) is 2. The van der Waals surface area contributed by atoms with Crippen molar-refractivity contribution in [1.82, 2.24) is 0 Å². The third-order valence-electron chi connectivity index (χ3n) is 5.62. The molecule has 0 radical (unpaired) electrons. The summed E-state index contributed by atoms with van der Waals surface area (Å²) in [5, 5.41) is 0. The van der Waals surface area contributed by atoms with Gasteiger partial charge in [-0.15, -0.1) is 0 Å². The topological polar surface area (TPSA) is 0 Å². The molecule has 2 fully saturated rings. The number of quaternary nitrogens is 2. The predicted octanol–water partition coefficient (Wildman–Crippen LogP) is 1.96. The Labute approximate surface area is 101 Å². The van der Waals surface area contributed by atoms with Crippen LogP contribution in [0, 0.1) is 11.8 Å². The molecule has 4 atom stereocenters. The average molecular weight is 226 g/mol. The van der Waals surface area contributed by atoms with Crippen LogP contribution in [0.2, 0.25) is 0 Å². The van der Waals surface area contributed by atoms with Gasteiger partial charge < -0.3 is 8.97 Å². The van der Waals surface area contributed by atoms with Crippen molar-refractivity contribution < 1.29 is 8.97 Å². The lowest BCUT2D eigenvalue weighted by molar-refractivity contribution is -0.901. The minimum Gasteiger partial charge on any atom is -0.326 e. The molecule has 0 aromatic heterocycles. The van der Waals surface area contributed by atoms with Crippen LogP contribution in [-0.2, 0) is 0 Å². The number of hydrogen-bond acceptors (Lipinski definition) is 0. The summed E-state index contributed by atoms with van der Waals surface area (Å²) in [7, 11) is 4.89. The van der Waals surface area contributed by atoms with E-state index in [1.54, 1.807) is 0 Å². The van der Waals surface area contributed by atoms with Gasteiger partial charge in [0.05, 0.1) is 53.4 Å². The summed E-state index contributed by atoms with van der Waals surface area (Å²) in [4.78, 5) is 0. The van der Waals surface area contributed by atoms with Gasteiger partial charge in [-0.25, -0.2) is 0 Å². The normalized spacial score (nSPS) is 48.8. The molecule has 0 spiro atoms. The molecule has 0 aromatic carbocycles. The molecule has 0 bridgehead atoms. The van der Waals surface area contributed by atoms with Gasteiger partial charge in [0, 0.05) is 24.7 Å². The van der Waals surface area contributed by atoms with Crippen LogP contribution >= 0.6 is 0 Å². The molecule has 0 aromatic rings. The summed E-state index contributed by atoms with van der Waals surface area (Å²) >= 11 is 0. The zero-order chi connectivity index (χ0) is 11.8. The van der Waals surface area contributed by atoms with Crippen LogP contribution in [0.25, 0.3) is 0 Å². The Balaban J connectivity index is 1.92. The summed E-state index contributed by atoms with van der Waals surface area (Å²) in [6.45, 7) is 13.1. The molecular weight excluding hydrogens is 196 g/mol. The summed E-state index contributed by atoms with van der Waals surface area (Å²) in [5.41, 5.74) is 0. The first-order chi connectivity index (χ1) is 7.50. The molecule has 2 saturated heterocycles. The Hall–Kier alpha value is -0.0800. The smallest absolute Gasteiger partial charge is 0.0820 e. The Bertz CT molecular complexity index is 227. The fraction of sp³-hybridized carbons (Fsp3) is 1.00. The first kappa shape index (κ1) is 12.4. The second kappa shape index (κ2) is 4.30. The van der Waals surface area contributed by atoms with Crippen molar-refractivity contribution in [3.63, 3.8) is 0 Å². The van der Waals surface area contributed by atoms with Crippen LogP contribution in [0.4, 0.5) is 0 Å². The highest BCUT2D eigenvalue weighted by Gasteiger charge is 2.43. The minimum absolute atomic E-state index is 1.02. The fourth-order valence-electron chi connectivity index (χ4n) is 3.80. The highest BCUT2D eigenvalue weighted by atomic mass is 15.4. The van der Waals surface area contributed by atoms with Crippen LogP contribution in [0.15, 0.2) is 0 Å². The zero-order valence-electron chi connectivity index (χ0n) is 11.7. The molecule has 2 rings (SSSR count). The largest absolute Gasteiger partial charge is 0.326 e. The summed E-state index contributed by atoms with van der Waals surface area (Å²) in [6, 6.07) is 0. The van der Waals surface area contributed by atoms with Crippen molar-refractivity contribution >= 4 is 0 Å². The molecule has 0 aliphatic carbocycles. The maximum atomic E-state index is 2.45. The standard InChI is InChI=1S/C14H30N2/c1-5-15(3)9-7-13(11-15)14-8-10-16(4,6-2)12-14/h13-14H,5-12H2,1-4H3/q+2. The molecule has 2 nitrogen and oxygen atoms in total. The van der Waals surface area contributed by atoms with Gasteiger partial charge in [0.2, 0.25) is 0 Å². The second-order valence-corrected chi connectivity index (χ2v) is 6.78. The van der Waals surface area contributed by atoms with Gasteiger partial charge in [-0.05, 0) is 13.8 Å². The Morgan fingerprint density at radius 2 is 1.19 bits per heavy atom. The van der Waals surface area contributed by atoms with Gasteiger partial charge in [-0.1, -0.05) is 0 Å². The Morgan fingerprint density at radius 1 is 0.812 bits per heavy atom. The van der Waals surface area contributed by atoms with E-state index in [-0.39, 0.29) is 0 Å². The predicted molar refractivity (Wildman–Crippen MR) is 69.1 cm³/mol. The molecule has 0 amide bonds. The van der Waals surface area contributed by atoms with Gasteiger partial charge in [0.15, 0.2) is 0 Å². The van der Waals surface area contributed by atoms with E-state index < -0.39 is 0 Å². The van der Waals surface area contributed by atoms with Crippen LogP contribution in [0.1, 0.15) is 26.7 Å². The number of hydrogen-bond donors (Lipinski definition) is 0. The molecule has 0 N–H and O–H groups in total. The Morgan fingerprint density at radius 3 is 1.44 bits per heavy atom. The van der Waals surface area contributed by atoms with E-state index in [4.69, 9.17) is 0 Å². The van der Waals surface area contributed by atoms with Gasteiger partial charge in [-0.2, -0.15) is 0 Å². The minimum atomic E-state index is 1.02. The van der Waals surface area contributed by atoms with E-state index in [1.165, 1.54) is 61.1 Å². The van der Waals surface area contributed by atoms with Crippen molar-refractivity contribution in [1.29, 1.82) is 0 Å². The molecule has 94 valence electrons. The highest BCUT2D eigenvalue weighted by molar-refractivity contribution is 4.77. The van der Waals surface area contributed by atoms with Crippen molar-refractivity contribution in [2.24, 2.45) is 11.8 Å². The number of nitrogens with zero attached hydrogens (tertiary/aromatic N) is 2. The zero-order valence-corrected chi connectivity index (χ0v) is 11.7. The average Bonchev–Trinajstić information content (AvgIpc) is 2.84. The second-order valence-electron chi connectivity index (χ2n) is 6.78. The van der Waals surface area contributed by atoms with E-state index in [1.807, 2.05) is 0 Å². The van der Waals surface area contributed by atoms with Crippen LogP contribution < -0.4 is 0 Å². The molecule has 2 aliphatic heterocycles. The SMILES string of the molecule is CC[N+]1(C)CCC(C2CC[N+](C)(CC)C2)C1. The van der Waals surface area contributed by atoms with E-state index in [0.29, 0.717) is 0 Å². The van der Waals surface area contributed by atoms with Gasteiger partial charge in [0.25, 0.3) is 0 Å². The molecule has 2 heterocycles. The van der Waals surface area contributed by atoms with Gasteiger partial charge in [0.1, 0.15) is 0 Å². The monoisotopic (exact) mass is 226 g/mol. The quantitative estimate of drug-likeness (QED) is 0.645. The van der Waals surface area contributed by atoms with E-state index in [2.05, 4.69) is 27.9 Å². The van der Waals surface area contributed by atoms with Crippen molar-refractivity contribution in [2.75, 3.05) is 53.4 Å². The van der Waals surface area contributed by atoms with Gasteiger partial charge in [-0.3, -0.25) is 0 Å². The molecule has 2 heteroatoms. The molecule has 2 aliphatic rings. The summed E-state index contributed by atoms with van der Waals surface area (Å²) in [6.07, 6.45) is 2.97. The lowest BCUT2D eigenvalue weighted by atomic mass is 9.91. The van der Waals surface area contributed by atoms with Crippen molar-refractivity contribution in [2.45, 2.75) is 26.7 Å². The highest BCUT2D eigenvalue weighted by Crippen LogP contribution is 2.35. The summed E-state index contributed by atoms with van der Waals surface area (Å²) < 4.78 is 2.66. The maximum Gasteiger partial charge on any atom is 0.0820 e. The lowest BCUT2D eigenvalue weighted by Crippen LogP contribution is -2.43.